The van der Waals surface area contributed by atoms with Gasteiger partial charge in [-0.15, -0.1) is 0 Å². The summed E-state index contributed by atoms with van der Waals surface area (Å²) in [7, 11) is 0. The van der Waals surface area contributed by atoms with Crippen LogP contribution in [0.15, 0.2) is 34.9 Å². The van der Waals surface area contributed by atoms with Crippen LogP contribution in [0.5, 0.6) is 0 Å². The molecule has 0 aliphatic heterocycles. The Bertz CT molecular complexity index is 523. The van der Waals surface area contributed by atoms with E-state index in [2.05, 4.69) is 31.4 Å². The molecule has 4 N–H and O–H groups in total. The third-order valence-corrected chi connectivity index (χ3v) is 2.73. The van der Waals surface area contributed by atoms with E-state index < -0.39 is 0 Å². The van der Waals surface area contributed by atoms with Crippen LogP contribution >= 0.6 is 15.9 Å². The summed E-state index contributed by atoms with van der Waals surface area (Å²) in [5, 5.41) is 8.92. The van der Waals surface area contributed by atoms with E-state index in [-0.39, 0.29) is 11.7 Å². The molecule has 0 atom stereocenters. The van der Waals surface area contributed by atoms with E-state index in [9.17, 15) is 4.79 Å². The SMILES string of the molecule is Nc1[nH]ncc1C(=O)Nc1ccccc1Br. The second kappa shape index (κ2) is 4.36. The number of benzene rings is 1. The standard InChI is InChI=1S/C10H9BrN4O/c11-7-3-1-2-4-8(7)14-10(16)6-5-13-15-9(6)12/h1-5H,(H,14,16)(H3,12,13,15). The van der Waals surface area contributed by atoms with Gasteiger partial charge in [-0.3, -0.25) is 9.89 Å². The Morgan fingerprint density at radius 1 is 1.44 bits per heavy atom. The van der Waals surface area contributed by atoms with Crippen molar-refractivity contribution in [3.63, 3.8) is 0 Å². The zero-order valence-electron chi connectivity index (χ0n) is 8.20. The van der Waals surface area contributed by atoms with Crippen molar-refractivity contribution in [3.05, 3.63) is 40.5 Å². The van der Waals surface area contributed by atoms with Crippen LogP contribution in [0, 0.1) is 0 Å². The fourth-order valence-electron chi connectivity index (χ4n) is 1.23. The molecule has 0 saturated heterocycles. The number of rotatable bonds is 2. The molecule has 16 heavy (non-hydrogen) atoms. The first-order valence-corrected chi connectivity index (χ1v) is 5.32. The lowest BCUT2D eigenvalue weighted by molar-refractivity contribution is 0.102. The molecule has 0 radical (unpaired) electrons. The minimum absolute atomic E-state index is 0.254. The Morgan fingerprint density at radius 3 is 2.81 bits per heavy atom. The van der Waals surface area contributed by atoms with Gasteiger partial charge >= 0.3 is 0 Å². The van der Waals surface area contributed by atoms with Crippen molar-refractivity contribution < 1.29 is 4.79 Å². The lowest BCUT2D eigenvalue weighted by Gasteiger charge is -2.05. The number of amides is 1. The summed E-state index contributed by atoms with van der Waals surface area (Å²) in [5.41, 5.74) is 6.56. The van der Waals surface area contributed by atoms with Gasteiger partial charge in [-0.05, 0) is 28.1 Å². The van der Waals surface area contributed by atoms with Gasteiger partial charge in [0.2, 0.25) is 0 Å². The smallest absolute Gasteiger partial charge is 0.261 e. The van der Waals surface area contributed by atoms with Crippen LogP contribution in [0.25, 0.3) is 0 Å². The highest BCUT2D eigenvalue weighted by Crippen LogP contribution is 2.22. The van der Waals surface area contributed by atoms with E-state index in [4.69, 9.17) is 5.73 Å². The first-order chi connectivity index (χ1) is 7.68. The first-order valence-electron chi connectivity index (χ1n) is 4.53. The zero-order valence-corrected chi connectivity index (χ0v) is 9.78. The van der Waals surface area contributed by atoms with E-state index in [0.29, 0.717) is 11.3 Å². The van der Waals surface area contributed by atoms with Crippen LogP contribution in [0.1, 0.15) is 10.4 Å². The monoisotopic (exact) mass is 280 g/mol. The molecule has 1 heterocycles. The highest BCUT2D eigenvalue weighted by molar-refractivity contribution is 9.10. The number of nitrogen functional groups attached to an aromatic ring is 1. The van der Waals surface area contributed by atoms with Gasteiger partial charge in [0.25, 0.3) is 5.91 Å². The van der Waals surface area contributed by atoms with Crippen LogP contribution in [0.2, 0.25) is 0 Å². The van der Waals surface area contributed by atoms with E-state index in [0.717, 1.165) is 4.47 Å². The Hall–Kier alpha value is -1.82. The highest BCUT2D eigenvalue weighted by Gasteiger charge is 2.12. The van der Waals surface area contributed by atoms with Gasteiger partial charge in [0, 0.05) is 4.47 Å². The second-order valence-corrected chi connectivity index (χ2v) is 3.99. The van der Waals surface area contributed by atoms with Crippen molar-refractivity contribution in [2.24, 2.45) is 0 Å². The quantitative estimate of drug-likeness (QED) is 0.787. The van der Waals surface area contributed by atoms with Gasteiger partial charge in [-0.1, -0.05) is 12.1 Å². The Labute approximate surface area is 100 Å². The minimum Gasteiger partial charge on any atom is -0.383 e. The molecule has 1 aromatic heterocycles. The molecule has 2 aromatic rings. The van der Waals surface area contributed by atoms with Crippen molar-refractivity contribution in [3.8, 4) is 0 Å². The number of carbonyl (C=O) groups excluding carboxylic acids is 1. The number of para-hydroxylation sites is 1. The number of aromatic nitrogens is 2. The third kappa shape index (κ3) is 2.06. The number of nitrogens with zero attached hydrogens (tertiary/aromatic N) is 1. The molecule has 2 rings (SSSR count). The van der Waals surface area contributed by atoms with Crippen molar-refractivity contribution in [2.75, 3.05) is 11.1 Å². The van der Waals surface area contributed by atoms with Crippen molar-refractivity contribution in [1.82, 2.24) is 10.2 Å². The van der Waals surface area contributed by atoms with Crippen LogP contribution in [-0.2, 0) is 0 Å². The van der Waals surface area contributed by atoms with E-state index >= 15 is 0 Å². The van der Waals surface area contributed by atoms with E-state index in [1.54, 1.807) is 6.07 Å². The molecule has 6 heteroatoms. The largest absolute Gasteiger partial charge is 0.383 e. The zero-order chi connectivity index (χ0) is 11.5. The van der Waals surface area contributed by atoms with Gasteiger partial charge in [0.1, 0.15) is 11.4 Å². The van der Waals surface area contributed by atoms with Gasteiger partial charge in [0.15, 0.2) is 0 Å². The summed E-state index contributed by atoms with van der Waals surface area (Å²) in [6.07, 6.45) is 1.39. The van der Waals surface area contributed by atoms with Gasteiger partial charge < -0.3 is 11.1 Å². The molecule has 0 fully saturated rings. The van der Waals surface area contributed by atoms with Crippen LogP contribution < -0.4 is 11.1 Å². The number of anilines is 2. The first kappa shape index (κ1) is 10.7. The topological polar surface area (TPSA) is 83.8 Å². The molecule has 1 amide bonds. The van der Waals surface area contributed by atoms with Gasteiger partial charge in [-0.2, -0.15) is 5.10 Å². The number of nitrogens with two attached hydrogens (primary N) is 1. The second-order valence-electron chi connectivity index (χ2n) is 3.13. The number of carbonyl (C=O) groups is 1. The maximum Gasteiger partial charge on any atom is 0.261 e. The van der Waals surface area contributed by atoms with Crippen molar-refractivity contribution in [2.45, 2.75) is 0 Å². The molecule has 5 nitrogen and oxygen atoms in total. The summed E-state index contributed by atoms with van der Waals surface area (Å²) in [4.78, 5) is 11.8. The normalized spacial score (nSPS) is 10.1. The number of H-pyrrole nitrogens is 1. The highest BCUT2D eigenvalue weighted by atomic mass is 79.9. The summed E-state index contributed by atoms with van der Waals surface area (Å²) in [6, 6.07) is 7.33. The molecule has 0 saturated carbocycles. The summed E-state index contributed by atoms with van der Waals surface area (Å²) in [6.45, 7) is 0. The fourth-order valence-corrected chi connectivity index (χ4v) is 1.61. The average molecular weight is 281 g/mol. The Kier molecular flexibility index (Phi) is 2.91. The number of aromatic amines is 1. The molecule has 0 aliphatic rings. The van der Waals surface area contributed by atoms with E-state index in [1.807, 2.05) is 18.2 Å². The van der Waals surface area contributed by atoms with Gasteiger partial charge in [0.05, 0.1) is 11.9 Å². The van der Waals surface area contributed by atoms with Crippen LogP contribution in [0.3, 0.4) is 0 Å². The maximum absolute atomic E-state index is 11.8. The molecule has 0 spiro atoms. The Morgan fingerprint density at radius 2 is 2.19 bits per heavy atom. The average Bonchev–Trinajstić information content (AvgIpc) is 2.68. The maximum atomic E-state index is 11.8. The van der Waals surface area contributed by atoms with Crippen LogP contribution in [-0.4, -0.2) is 16.1 Å². The molecular formula is C10H9BrN4O. The molecule has 82 valence electrons. The Balaban J connectivity index is 2.21. The lowest BCUT2D eigenvalue weighted by Crippen LogP contribution is -2.13. The minimum atomic E-state index is -0.293. The predicted octanol–water partition coefficient (Wildman–Crippen LogP) is 2.01. The van der Waals surface area contributed by atoms with Crippen molar-refractivity contribution >= 4 is 33.3 Å². The summed E-state index contributed by atoms with van der Waals surface area (Å²) in [5.74, 6) is -0.0392. The lowest BCUT2D eigenvalue weighted by atomic mass is 10.2. The molecule has 0 unspecified atom stereocenters. The van der Waals surface area contributed by atoms with E-state index in [1.165, 1.54) is 6.20 Å². The number of halogens is 1. The molecular weight excluding hydrogens is 272 g/mol. The predicted molar refractivity (Wildman–Crippen MR) is 65.1 cm³/mol. The third-order valence-electron chi connectivity index (χ3n) is 2.04. The van der Waals surface area contributed by atoms with Crippen LogP contribution in [0.4, 0.5) is 11.5 Å². The number of hydrogen-bond donors (Lipinski definition) is 3. The fraction of sp³-hybridized carbons (Fsp3) is 0. The van der Waals surface area contributed by atoms with Gasteiger partial charge in [-0.25, -0.2) is 0 Å². The molecule has 0 bridgehead atoms. The summed E-state index contributed by atoms with van der Waals surface area (Å²) >= 11 is 3.34. The molecule has 0 aliphatic carbocycles. The van der Waals surface area contributed by atoms with Crippen molar-refractivity contribution in [1.29, 1.82) is 0 Å². The number of hydrogen-bond acceptors (Lipinski definition) is 3. The summed E-state index contributed by atoms with van der Waals surface area (Å²) < 4.78 is 0.811. The number of nitrogens with one attached hydrogen (secondary N) is 2. The molecule has 1 aromatic carbocycles.